The van der Waals surface area contributed by atoms with Gasteiger partial charge in [-0.25, -0.2) is 4.31 Å². The topological polar surface area (TPSA) is 106 Å². The van der Waals surface area contributed by atoms with Crippen LogP contribution in [0.2, 0.25) is 0 Å². The van der Waals surface area contributed by atoms with Crippen LogP contribution in [0.1, 0.15) is 24.7 Å². The largest absolute Gasteiger partial charge is 0.490 e. The Bertz CT molecular complexity index is 1470. The molecule has 0 aliphatic carbocycles. The first kappa shape index (κ1) is 24.6. The highest BCUT2D eigenvalue weighted by molar-refractivity contribution is 8.39. The van der Waals surface area contributed by atoms with Crippen LogP contribution in [0.5, 0.6) is 0 Å². The molecule has 4 aliphatic rings. The fourth-order valence-corrected chi connectivity index (χ4v) is 8.31. The molecule has 0 bridgehead atoms. The van der Waals surface area contributed by atoms with E-state index < -0.39 is 9.25 Å². The highest BCUT2D eigenvalue weighted by Crippen LogP contribution is 2.43. The quantitative estimate of drug-likeness (QED) is 0.555. The van der Waals surface area contributed by atoms with E-state index in [1.807, 2.05) is 28.8 Å². The summed E-state index contributed by atoms with van der Waals surface area (Å²) in [6, 6.07) is 1.92. The van der Waals surface area contributed by atoms with Crippen LogP contribution in [-0.4, -0.2) is 86.6 Å². The number of dihydropyridines is 1. The van der Waals surface area contributed by atoms with Gasteiger partial charge < -0.3 is 23.8 Å². The maximum atomic E-state index is 13.2. The molecule has 37 heavy (non-hydrogen) atoms. The number of pyridine rings is 1. The molecule has 4 aliphatic heterocycles. The molecule has 2 aromatic rings. The van der Waals surface area contributed by atoms with Gasteiger partial charge in [0, 0.05) is 72.0 Å². The Morgan fingerprint density at radius 2 is 2.08 bits per heavy atom. The Morgan fingerprint density at radius 1 is 1.27 bits per heavy atom. The molecule has 0 amide bonds. The van der Waals surface area contributed by atoms with Crippen molar-refractivity contribution in [2.24, 2.45) is 7.05 Å². The van der Waals surface area contributed by atoms with E-state index in [-0.39, 0.29) is 28.6 Å². The minimum Gasteiger partial charge on any atom is -0.490 e. The molecule has 0 saturated carbocycles. The Labute approximate surface area is 215 Å². The van der Waals surface area contributed by atoms with Crippen LogP contribution < -0.4 is 10.9 Å². The van der Waals surface area contributed by atoms with Gasteiger partial charge in [0.1, 0.15) is 23.2 Å². The molecular weight excluding hydrogens is 496 g/mol. The number of furan rings is 1. The van der Waals surface area contributed by atoms with E-state index in [1.165, 1.54) is 0 Å². The average molecular weight is 531 g/mol. The summed E-state index contributed by atoms with van der Waals surface area (Å²) in [5, 5.41) is 3.63. The summed E-state index contributed by atoms with van der Waals surface area (Å²) in [6.45, 7) is 6.21. The van der Waals surface area contributed by atoms with Crippen molar-refractivity contribution in [2.45, 2.75) is 32.0 Å². The highest BCUT2D eigenvalue weighted by atomic mass is 32.3. The molecule has 3 fully saturated rings. The molecule has 10 nitrogen and oxygen atoms in total. The third-order valence-corrected chi connectivity index (χ3v) is 11.6. The zero-order valence-corrected chi connectivity index (χ0v) is 22.3. The second-order valence-corrected chi connectivity index (χ2v) is 15.0. The molecule has 0 spiro atoms. The summed E-state index contributed by atoms with van der Waals surface area (Å²) in [5.41, 5.74) is 2.14. The third-order valence-electron chi connectivity index (χ3n) is 8.03. The zero-order valence-electron chi connectivity index (χ0n) is 21.5. The molecule has 2 aromatic heterocycles. The standard InChI is InChI=1S/C26H34N4O6S/c1-17-12-30(37(3,33)16-24(37)31)8-7-29(17)13-19-10-21-25(36-19)22(14-28(2)26(21)32)20-4-6-27-11-23(20)35-18-5-9-34-15-18/h4,6,10,14,17-18,27H,5,7-9,11-13,15-16H2,1-3H3/t17-,18+/m1/s1. The summed E-state index contributed by atoms with van der Waals surface area (Å²) in [4.78, 5) is 27.3. The molecule has 0 unspecified atom stereocenters. The number of nitrogens with zero attached hydrogens (tertiary/aromatic N) is 3. The van der Waals surface area contributed by atoms with Gasteiger partial charge in [0.25, 0.3) is 5.56 Å². The summed E-state index contributed by atoms with van der Waals surface area (Å²) >= 11 is 0. The molecule has 0 aromatic carbocycles. The van der Waals surface area contributed by atoms with E-state index >= 15 is 0 Å². The minimum absolute atomic E-state index is 0.0116. The van der Waals surface area contributed by atoms with E-state index in [0.717, 1.165) is 23.3 Å². The van der Waals surface area contributed by atoms with Gasteiger partial charge in [-0.05, 0) is 25.3 Å². The highest BCUT2D eigenvalue weighted by Gasteiger charge is 2.61. The van der Waals surface area contributed by atoms with Gasteiger partial charge >= 0.3 is 0 Å². The first-order valence-electron chi connectivity index (χ1n) is 12.8. The van der Waals surface area contributed by atoms with Gasteiger partial charge in [-0.1, -0.05) is 0 Å². The molecular formula is C26H34N4O6S. The molecule has 3 saturated heterocycles. The van der Waals surface area contributed by atoms with Crippen molar-refractivity contribution in [3.63, 3.8) is 0 Å². The summed E-state index contributed by atoms with van der Waals surface area (Å²) in [7, 11) is -1.51. The van der Waals surface area contributed by atoms with E-state index in [0.29, 0.717) is 62.7 Å². The lowest BCUT2D eigenvalue weighted by atomic mass is 10.0. The Balaban J connectivity index is 1.30. The van der Waals surface area contributed by atoms with Crippen molar-refractivity contribution in [2.75, 3.05) is 51.4 Å². The van der Waals surface area contributed by atoms with Gasteiger partial charge in [-0.3, -0.25) is 18.7 Å². The lowest BCUT2D eigenvalue weighted by molar-refractivity contribution is -0.107. The number of carbonyl (C=O) groups excluding carboxylic acids is 1. The second kappa shape index (κ2) is 8.65. The van der Waals surface area contributed by atoms with Crippen molar-refractivity contribution in [1.82, 2.24) is 19.1 Å². The fourth-order valence-electron chi connectivity index (χ4n) is 5.52. The van der Waals surface area contributed by atoms with Crippen LogP contribution in [0, 0.1) is 0 Å². The van der Waals surface area contributed by atoms with Crippen LogP contribution in [-0.2, 0) is 37.1 Å². The van der Waals surface area contributed by atoms with Crippen molar-refractivity contribution < 1.29 is 22.9 Å². The lowest BCUT2D eigenvalue weighted by Gasteiger charge is -2.43. The summed E-state index contributed by atoms with van der Waals surface area (Å²) in [5.74, 6) is 1.68. The van der Waals surface area contributed by atoms with Crippen molar-refractivity contribution in [3.05, 3.63) is 52.0 Å². The number of aromatic nitrogens is 1. The maximum absolute atomic E-state index is 13.2. The number of carbonyl (C=O) groups is 1. The first-order valence-corrected chi connectivity index (χ1v) is 15.3. The van der Waals surface area contributed by atoms with Crippen molar-refractivity contribution in [3.8, 4) is 0 Å². The van der Waals surface area contributed by atoms with Crippen molar-refractivity contribution in [1.29, 1.82) is 0 Å². The van der Waals surface area contributed by atoms with E-state index in [2.05, 4.69) is 17.1 Å². The molecule has 0 radical (unpaired) electrons. The summed E-state index contributed by atoms with van der Waals surface area (Å²) in [6.07, 6.45) is 8.13. The molecule has 1 N–H and O–H groups in total. The number of fused-ring (bicyclic) bond motifs is 1. The number of allylic oxidation sites excluding steroid dienone is 2. The Kier molecular flexibility index (Phi) is 5.75. The van der Waals surface area contributed by atoms with Gasteiger partial charge in [0.05, 0.1) is 37.4 Å². The predicted molar refractivity (Wildman–Crippen MR) is 141 cm³/mol. The van der Waals surface area contributed by atoms with Crippen molar-refractivity contribution >= 4 is 30.9 Å². The zero-order chi connectivity index (χ0) is 26.0. The number of aryl methyl sites for hydroxylation is 1. The van der Waals surface area contributed by atoms with Gasteiger partial charge in [0.2, 0.25) is 5.12 Å². The van der Waals surface area contributed by atoms with Gasteiger partial charge in [0.15, 0.2) is 0 Å². The monoisotopic (exact) mass is 530 g/mol. The van der Waals surface area contributed by atoms with Crippen LogP contribution in [0.15, 0.2) is 39.5 Å². The average Bonchev–Trinajstić information content (AvgIpc) is 3.29. The number of hydrogen-bond acceptors (Lipinski definition) is 8. The fraction of sp³-hybridized carbons (Fsp3) is 0.538. The number of piperazine rings is 1. The third kappa shape index (κ3) is 4.18. The van der Waals surface area contributed by atoms with Gasteiger partial charge in [-0.15, -0.1) is 0 Å². The number of hydrogen-bond donors (Lipinski definition) is 1. The molecule has 2 atom stereocenters. The van der Waals surface area contributed by atoms with Crippen LogP contribution in [0.25, 0.3) is 16.5 Å². The van der Waals surface area contributed by atoms with E-state index in [1.54, 1.807) is 17.9 Å². The molecule has 11 heteroatoms. The molecule has 6 heterocycles. The number of rotatable bonds is 6. The summed E-state index contributed by atoms with van der Waals surface area (Å²) < 4.78 is 34.8. The number of nitrogens with one attached hydrogen (secondary N) is 1. The predicted octanol–water partition coefficient (Wildman–Crippen LogP) is 1.18. The second-order valence-electron chi connectivity index (χ2n) is 10.8. The minimum atomic E-state index is -3.26. The van der Waals surface area contributed by atoms with Crippen LogP contribution in [0.4, 0.5) is 0 Å². The van der Waals surface area contributed by atoms with Gasteiger partial charge in [-0.2, -0.15) is 0 Å². The Hall–Kier alpha value is -2.73. The van der Waals surface area contributed by atoms with Crippen LogP contribution >= 0.6 is 0 Å². The van der Waals surface area contributed by atoms with E-state index in [4.69, 9.17) is 13.9 Å². The SMILES string of the molecule is C[C@@H]1CN(S2(C)(=O)CC2=O)CCN1Cc1cc2c(=O)n(C)cc(C3=C(O[C@H]4CCOC4)CNC=C3)c2o1. The number of ether oxygens (including phenoxy) is 2. The maximum Gasteiger partial charge on any atom is 0.261 e. The van der Waals surface area contributed by atoms with E-state index in [9.17, 15) is 13.8 Å². The smallest absolute Gasteiger partial charge is 0.261 e. The first-order chi connectivity index (χ1) is 17.6. The molecule has 6 rings (SSSR count). The van der Waals surface area contributed by atoms with Crippen LogP contribution in [0.3, 0.4) is 0 Å². The lowest BCUT2D eigenvalue weighted by Crippen LogP contribution is -2.56. The Morgan fingerprint density at radius 3 is 2.78 bits per heavy atom. The normalized spacial score (nSPS) is 28.7. The molecule has 200 valence electrons.